The summed E-state index contributed by atoms with van der Waals surface area (Å²) in [6.07, 6.45) is 3.22. The van der Waals surface area contributed by atoms with Crippen molar-refractivity contribution in [1.82, 2.24) is 4.98 Å². The van der Waals surface area contributed by atoms with Crippen LogP contribution < -0.4 is 10.5 Å². The van der Waals surface area contributed by atoms with Crippen molar-refractivity contribution in [3.63, 3.8) is 0 Å². The Balaban J connectivity index is 2.75. The number of ether oxygens (including phenoxy) is 1. The first kappa shape index (κ1) is 11.9. The van der Waals surface area contributed by atoms with Gasteiger partial charge < -0.3 is 10.5 Å². The molecule has 1 rings (SSSR count). The number of nitrogens with two attached hydrogens (primary N) is 1. The zero-order valence-corrected chi connectivity index (χ0v) is 9.16. The Hall–Kier alpha value is -1.16. The average Bonchev–Trinajstić information content (AvgIpc) is 2.21. The maximum Gasteiger partial charge on any atom is 0.218 e. The van der Waals surface area contributed by atoms with E-state index in [4.69, 9.17) is 10.5 Å². The van der Waals surface area contributed by atoms with Crippen LogP contribution in [0.15, 0.2) is 12.3 Å². The second-order valence-corrected chi connectivity index (χ2v) is 3.54. The third kappa shape index (κ3) is 3.47. The predicted molar refractivity (Wildman–Crippen MR) is 57.1 cm³/mol. The lowest BCUT2D eigenvalue weighted by Gasteiger charge is -2.15. The maximum atomic E-state index is 12.8. The van der Waals surface area contributed by atoms with Gasteiger partial charge in [0.2, 0.25) is 5.88 Å². The third-order valence-corrected chi connectivity index (χ3v) is 2.12. The van der Waals surface area contributed by atoms with Gasteiger partial charge in [-0.2, -0.15) is 0 Å². The van der Waals surface area contributed by atoms with Crippen molar-refractivity contribution < 1.29 is 9.13 Å². The van der Waals surface area contributed by atoms with Gasteiger partial charge in [-0.25, -0.2) is 9.37 Å². The van der Waals surface area contributed by atoms with Crippen LogP contribution in [0.2, 0.25) is 0 Å². The Morgan fingerprint density at radius 1 is 1.60 bits per heavy atom. The quantitative estimate of drug-likeness (QED) is 0.814. The van der Waals surface area contributed by atoms with Gasteiger partial charge in [0.05, 0.1) is 12.3 Å². The van der Waals surface area contributed by atoms with Gasteiger partial charge in [0, 0.05) is 12.1 Å². The summed E-state index contributed by atoms with van der Waals surface area (Å²) in [4.78, 5) is 3.89. The smallest absolute Gasteiger partial charge is 0.218 e. The van der Waals surface area contributed by atoms with E-state index in [9.17, 15) is 4.39 Å². The van der Waals surface area contributed by atoms with Crippen LogP contribution in [0.1, 0.15) is 32.3 Å². The fraction of sp³-hybridized carbons (Fsp3) is 0.545. The van der Waals surface area contributed by atoms with Gasteiger partial charge in [0.1, 0.15) is 5.82 Å². The summed E-state index contributed by atoms with van der Waals surface area (Å²) in [7, 11) is 0. The van der Waals surface area contributed by atoms with Gasteiger partial charge >= 0.3 is 0 Å². The highest BCUT2D eigenvalue weighted by atomic mass is 19.1. The Labute approximate surface area is 89.5 Å². The molecule has 0 aromatic carbocycles. The standard InChI is InChI=1S/C11H17FN2O/c1-3-4-8(2)15-11-9(6-13)5-10(12)7-14-11/h5,7-8H,3-4,6,13H2,1-2H3. The summed E-state index contributed by atoms with van der Waals surface area (Å²) in [5, 5.41) is 0. The summed E-state index contributed by atoms with van der Waals surface area (Å²) in [6.45, 7) is 4.29. The number of rotatable bonds is 5. The largest absolute Gasteiger partial charge is 0.474 e. The lowest BCUT2D eigenvalue weighted by atomic mass is 10.2. The van der Waals surface area contributed by atoms with Gasteiger partial charge in [-0.05, 0) is 19.4 Å². The first-order chi connectivity index (χ1) is 7.17. The van der Waals surface area contributed by atoms with E-state index in [0.29, 0.717) is 11.4 Å². The van der Waals surface area contributed by atoms with Crippen LogP contribution in [0.3, 0.4) is 0 Å². The van der Waals surface area contributed by atoms with E-state index in [1.54, 1.807) is 0 Å². The Morgan fingerprint density at radius 3 is 2.93 bits per heavy atom. The molecule has 0 fully saturated rings. The van der Waals surface area contributed by atoms with E-state index in [1.165, 1.54) is 6.07 Å². The predicted octanol–water partition coefficient (Wildman–Crippen LogP) is 2.25. The second-order valence-electron chi connectivity index (χ2n) is 3.54. The molecule has 0 spiro atoms. The summed E-state index contributed by atoms with van der Waals surface area (Å²) in [5.41, 5.74) is 6.09. The number of pyridine rings is 1. The van der Waals surface area contributed by atoms with Crippen LogP contribution in [0.4, 0.5) is 4.39 Å². The second kappa shape index (κ2) is 5.66. The van der Waals surface area contributed by atoms with Gasteiger partial charge in [-0.1, -0.05) is 13.3 Å². The van der Waals surface area contributed by atoms with Crippen molar-refractivity contribution in [2.24, 2.45) is 5.73 Å². The van der Waals surface area contributed by atoms with Crippen molar-refractivity contribution >= 4 is 0 Å². The molecule has 0 amide bonds. The molecule has 84 valence electrons. The number of halogens is 1. The highest BCUT2D eigenvalue weighted by molar-refractivity contribution is 5.25. The van der Waals surface area contributed by atoms with Crippen molar-refractivity contribution in [2.45, 2.75) is 39.3 Å². The molecular weight excluding hydrogens is 195 g/mol. The first-order valence-corrected chi connectivity index (χ1v) is 5.18. The Bertz CT molecular complexity index is 317. The van der Waals surface area contributed by atoms with E-state index in [1.807, 2.05) is 6.92 Å². The zero-order valence-electron chi connectivity index (χ0n) is 9.16. The molecule has 1 aromatic heterocycles. The number of nitrogens with zero attached hydrogens (tertiary/aromatic N) is 1. The first-order valence-electron chi connectivity index (χ1n) is 5.18. The molecule has 2 N–H and O–H groups in total. The summed E-state index contributed by atoms with van der Waals surface area (Å²) in [5.74, 6) is 0.0609. The molecule has 15 heavy (non-hydrogen) atoms. The molecular formula is C11H17FN2O. The number of aromatic nitrogens is 1. The van der Waals surface area contributed by atoms with Crippen LogP contribution >= 0.6 is 0 Å². The van der Waals surface area contributed by atoms with Gasteiger partial charge in [-0.15, -0.1) is 0 Å². The molecule has 0 aliphatic carbocycles. The maximum absolute atomic E-state index is 12.8. The molecule has 3 nitrogen and oxygen atoms in total. The molecule has 4 heteroatoms. The monoisotopic (exact) mass is 212 g/mol. The van der Waals surface area contributed by atoms with Crippen molar-refractivity contribution in [3.8, 4) is 5.88 Å². The average molecular weight is 212 g/mol. The minimum atomic E-state index is -0.383. The number of hydrogen-bond donors (Lipinski definition) is 1. The lowest BCUT2D eigenvalue weighted by molar-refractivity contribution is 0.199. The van der Waals surface area contributed by atoms with Gasteiger partial charge in [-0.3, -0.25) is 0 Å². The fourth-order valence-corrected chi connectivity index (χ4v) is 1.38. The molecule has 0 aliphatic rings. The minimum Gasteiger partial charge on any atom is -0.474 e. The molecule has 0 saturated carbocycles. The number of hydrogen-bond acceptors (Lipinski definition) is 3. The molecule has 0 bridgehead atoms. The normalized spacial score (nSPS) is 12.5. The Kier molecular flexibility index (Phi) is 4.49. The SMILES string of the molecule is CCCC(C)Oc1ncc(F)cc1CN. The van der Waals surface area contributed by atoms with E-state index in [0.717, 1.165) is 19.0 Å². The molecule has 0 aliphatic heterocycles. The Morgan fingerprint density at radius 2 is 2.33 bits per heavy atom. The van der Waals surface area contributed by atoms with E-state index >= 15 is 0 Å². The molecule has 1 aromatic rings. The molecule has 0 saturated heterocycles. The van der Waals surface area contributed by atoms with Crippen molar-refractivity contribution in [2.75, 3.05) is 0 Å². The van der Waals surface area contributed by atoms with Crippen molar-refractivity contribution in [3.05, 3.63) is 23.6 Å². The van der Waals surface area contributed by atoms with Gasteiger partial charge in [0.15, 0.2) is 0 Å². The topological polar surface area (TPSA) is 48.1 Å². The molecule has 1 atom stereocenters. The van der Waals surface area contributed by atoms with E-state index < -0.39 is 0 Å². The van der Waals surface area contributed by atoms with Crippen LogP contribution in [-0.2, 0) is 6.54 Å². The van der Waals surface area contributed by atoms with Crippen LogP contribution in [0, 0.1) is 5.82 Å². The summed E-state index contributed by atoms with van der Waals surface area (Å²) in [6, 6.07) is 1.36. The minimum absolute atomic E-state index is 0.0817. The van der Waals surface area contributed by atoms with Crippen LogP contribution in [0.5, 0.6) is 5.88 Å². The molecule has 1 unspecified atom stereocenters. The lowest BCUT2D eigenvalue weighted by Crippen LogP contribution is -2.14. The molecule has 1 heterocycles. The fourth-order valence-electron chi connectivity index (χ4n) is 1.38. The van der Waals surface area contributed by atoms with Crippen LogP contribution in [-0.4, -0.2) is 11.1 Å². The van der Waals surface area contributed by atoms with Gasteiger partial charge in [0.25, 0.3) is 0 Å². The van der Waals surface area contributed by atoms with Crippen LogP contribution in [0.25, 0.3) is 0 Å². The summed E-state index contributed by atoms with van der Waals surface area (Å²) >= 11 is 0. The highest BCUT2D eigenvalue weighted by Gasteiger charge is 2.09. The summed E-state index contributed by atoms with van der Waals surface area (Å²) < 4.78 is 18.4. The highest BCUT2D eigenvalue weighted by Crippen LogP contribution is 2.17. The third-order valence-electron chi connectivity index (χ3n) is 2.12. The van der Waals surface area contributed by atoms with E-state index in [2.05, 4.69) is 11.9 Å². The van der Waals surface area contributed by atoms with Crippen molar-refractivity contribution in [1.29, 1.82) is 0 Å². The zero-order chi connectivity index (χ0) is 11.3. The van der Waals surface area contributed by atoms with E-state index in [-0.39, 0.29) is 18.5 Å². The molecule has 0 radical (unpaired) electrons.